The van der Waals surface area contributed by atoms with E-state index in [4.69, 9.17) is 5.26 Å². The van der Waals surface area contributed by atoms with E-state index in [9.17, 15) is 4.79 Å². The molecular formula is C18H19N3O. The lowest BCUT2D eigenvalue weighted by Crippen LogP contribution is -2.17. The molecule has 4 nitrogen and oxygen atoms in total. The van der Waals surface area contributed by atoms with Crippen molar-refractivity contribution in [1.82, 2.24) is 0 Å². The smallest absolute Gasteiger partial charge is 0.226 e. The lowest BCUT2D eigenvalue weighted by atomic mass is 10.1. The molecule has 22 heavy (non-hydrogen) atoms. The zero-order valence-electron chi connectivity index (χ0n) is 12.8. The molecule has 0 aliphatic rings. The number of carbonyl (C=O) groups is 1. The van der Waals surface area contributed by atoms with Gasteiger partial charge < -0.3 is 10.6 Å². The fourth-order valence-corrected chi connectivity index (χ4v) is 2.13. The lowest BCUT2D eigenvalue weighted by Gasteiger charge is -2.11. The number of nitriles is 1. The molecule has 2 aromatic rings. The Kier molecular flexibility index (Phi) is 5.16. The van der Waals surface area contributed by atoms with Crippen molar-refractivity contribution in [2.24, 2.45) is 0 Å². The molecule has 112 valence electrons. The molecule has 2 rings (SSSR count). The third-order valence-corrected chi connectivity index (χ3v) is 3.38. The van der Waals surface area contributed by atoms with Gasteiger partial charge >= 0.3 is 0 Å². The number of amides is 1. The van der Waals surface area contributed by atoms with Crippen molar-refractivity contribution in [3.63, 3.8) is 0 Å². The van der Waals surface area contributed by atoms with Crippen molar-refractivity contribution in [2.45, 2.75) is 20.3 Å². The van der Waals surface area contributed by atoms with Crippen LogP contribution in [0, 0.1) is 25.2 Å². The highest BCUT2D eigenvalue weighted by molar-refractivity contribution is 5.91. The summed E-state index contributed by atoms with van der Waals surface area (Å²) in [7, 11) is 0. The number of aryl methyl sites for hydroxylation is 2. The maximum absolute atomic E-state index is 12.0. The molecule has 0 fully saturated rings. The molecule has 0 aliphatic carbocycles. The predicted octanol–water partition coefficient (Wildman–Crippen LogP) is 3.62. The van der Waals surface area contributed by atoms with Crippen LogP contribution in [0.1, 0.15) is 23.1 Å². The normalized spacial score (nSPS) is 9.86. The third-order valence-electron chi connectivity index (χ3n) is 3.38. The predicted molar refractivity (Wildman–Crippen MR) is 88.8 cm³/mol. The first kappa shape index (κ1) is 15.6. The van der Waals surface area contributed by atoms with Gasteiger partial charge in [-0.1, -0.05) is 24.3 Å². The Morgan fingerprint density at radius 3 is 2.68 bits per heavy atom. The van der Waals surface area contributed by atoms with Crippen molar-refractivity contribution in [3.05, 3.63) is 59.2 Å². The number of hydrogen-bond donors (Lipinski definition) is 2. The summed E-state index contributed by atoms with van der Waals surface area (Å²) >= 11 is 0. The van der Waals surface area contributed by atoms with E-state index in [1.807, 2.05) is 50.2 Å². The van der Waals surface area contributed by atoms with Crippen LogP contribution in [0.5, 0.6) is 0 Å². The van der Waals surface area contributed by atoms with Gasteiger partial charge in [-0.3, -0.25) is 4.79 Å². The molecule has 0 saturated heterocycles. The SMILES string of the molecule is Cc1ccc(C)c(NC(=O)CCNc2ccccc2C#N)c1. The Balaban J connectivity index is 1.88. The van der Waals surface area contributed by atoms with Crippen molar-refractivity contribution in [2.75, 3.05) is 17.2 Å². The van der Waals surface area contributed by atoms with E-state index < -0.39 is 0 Å². The molecule has 0 bridgehead atoms. The second kappa shape index (κ2) is 7.28. The van der Waals surface area contributed by atoms with E-state index in [0.29, 0.717) is 18.5 Å². The first-order valence-corrected chi connectivity index (χ1v) is 7.20. The summed E-state index contributed by atoms with van der Waals surface area (Å²) in [5, 5.41) is 15.1. The van der Waals surface area contributed by atoms with Gasteiger partial charge in [0.15, 0.2) is 0 Å². The van der Waals surface area contributed by atoms with E-state index in [1.54, 1.807) is 6.07 Å². The van der Waals surface area contributed by atoms with Gasteiger partial charge in [0.2, 0.25) is 5.91 Å². The Morgan fingerprint density at radius 1 is 1.14 bits per heavy atom. The Morgan fingerprint density at radius 2 is 1.91 bits per heavy atom. The number of rotatable bonds is 5. The molecule has 0 heterocycles. The molecule has 0 aliphatic heterocycles. The highest BCUT2D eigenvalue weighted by atomic mass is 16.1. The van der Waals surface area contributed by atoms with Crippen LogP contribution in [0.25, 0.3) is 0 Å². The number of nitrogens with one attached hydrogen (secondary N) is 2. The quantitative estimate of drug-likeness (QED) is 0.885. The van der Waals surface area contributed by atoms with E-state index in [-0.39, 0.29) is 5.91 Å². The monoisotopic (exact) mass is 293 g/mol. The van der Waals surface area contributed by atoms with E-state index >= 15 is 0 Å². The number of anilines is 2. The second-order valence-electron chi connectivity index (χ2n) is 5.20. The standard InChI is InChI=1S/C18H19N3O/c1-13-7-8-14(2)17(11-13)21-18(22)9-10-20-16-6-4-3-5-15(16)12-19/h3-8,11,20H,9-10H2,1-2H3,(H,21,22). The van der Waals surface area contributed by atoms with Crippen LogP contribution in [0.2, 0.25) is 0 Å². The highest BCUT2D eigenvalue weighted by Crippen LogP contribution is 2.17. The number of para-hydroxylation sites is 1. The molecular weight excluding hydrogens is 274 g/mol. The fourth-order valence-electron chi connectivity index (χ4n) is 2.13. The van der Waals surface area contributed by atoms with Crippen LogP contribution >= 0.6 is 0 Å². The van der Waals surface area contributed by atoms with Gasteiger partial charge in [0.25, 0.3) is 0 Å². The maximum Gasteiger partial charge on any atom is 0.226 e. The van der Waals surface area contributed by atoms with Crippen LogP contribution in [-0.4, -0.2) is 12.5 Å². The summed E-state index contributed by atoms with van der Waals surface area (Å²) in [4.78, 5) is 12.0. The molecule has 0 aromatic heterocycles. The number of carbonyl (C=O) groups excluding carboxylic acids is 1. The average molecular weight is 293 g/mol. The zero-order valence-corrected chi connectivity index (χ0v) is 12.8. The summed E-state index contributed by atoms with van der Waals surface area (Å²) in [6.07, 6.45) is 0.340. The minimum absolute atomic E-state index is 0.0457. The summed E-state index contributed by atoms with van der Waals surface area (Å²) < 4.78 is 0. The average Bonchev–Trinajstić information content (AvgIpc) is 2.51. The van der Waals surface area contributed by atoms with Crippen molar-refractivity contribution in [3.8, 4) is 6.07 Å². The van der Waals surface area contributed by atoms with E-state index in [1.165, 1.54) is 0 Å². The van der Waals surface area contributed by atoms with Gasteiger partial charge in [0.1, 0.15) is 6.07 Å². The molecule has 0 saturated carbocycles. The number of benzene rings is 2. The highest BCUT2D eigenvalue weighted by Gasteiger charge is 2.06. The van der Waals surface area contributed by atoms with Crippen LogP contribution in [0.3, 0.4) is 0 Å². The molecule has 0 radical (unpaired) electrons. The first-order valence-electron chi connectivity index (χ1n) is 7.20. The largest absolute Gasteiger partial charge is 0.383 e. The van der Waals surface area contributed by atoms with Gasteiger partial charge in [-0.2, -0.15) is 5.26 Å². The number of hydrogen-bond acceptors (Lipinski definition) is 3. The molecule has 1 amide bonds. The van der Waals surface area contributed by atoms with Gasteiger partial charge in [-0.15, -0.1) is 0 Å². The van der Waals surface area contributed by atoms with E-state index in [0.717, 1.165) is 22.5 Å². The second-order valence-corrected chi connectivity index (χ2v) is 5.20. The summed E-state index contributed by atoms with van der Waals surface area (Å²) in [5.41, 5.74) is 4.34. The minimum Gasteiger partial charge on any atom is -0.383 e. The van der Waals surface area contributed by atoms with Crippen molar-refractivity contribution >= 4 is 17.3 Å². The van der Waals surface area contributed by atoms with Crippen LogP contribution in [-0.2, 0) is 4.79 Å². The molecule has 0 atom stereocenters. The van der Waals surface area contributed by atoms with E-state index in [2.05, 4.69) is 16.7 Å². The summed E-state index contributed by atoms with van der Waals surface area (Å²) in [6.45, 7) is 4.45. The van der Waals surface area contributed by atoms with Crippen LogP contribution in [0.4, 0.5) is 11.4 Å². The zero-order chi connectivity index (χ0) is 15.9. The molecule has 4 heteroatoms. The molecule has 0 unspecified atom stereocenters. The molecule has 2 N–H and O–H groups in total. The Hall–Kier alpha value is -2.80. The first-order chi connectivity index (χ1) is 10.6. The maximum atomic E-state index is 12.0. The summed E-state index contributed by atoms with van der Waals surface area (Å²) in [6, 6.07) is 15.4. The fraction of sp³-hybridized carbons (Fsp3) is 0.222. The number of nitrogens with zero attached hydrogens (tertiary/aromatic N) is 1. The molecule has 2 aromatic carbocycles. The third kappa shape index (κ3) is 4.10. The van der Waals surface area contributed by atoms with Gasteiger partial charge in [-0.05, 0) is 43.2 Å². The minimum atomic E-state index is -0.0457. The lowest BCUT2D eigenvalue weighted by molar-refractivity contribution is -0.115. The van der Waals surface area contributed by atoms with Gasteiger partial charge in [-0.25, -0.2) is 0 Å². The van der Waals surface area contributed by atoms with Crippen molar-refractivity contribution in [1.29, 1.82) is 5.26 Å². The molecule has 0 spiro atoms. The van der Waals surface area contributed by atoms with Crippen LogP contribution < -0.4 is 10.6 Å². The van der Waals surface area contributed by atoms with Gasteiger partial charge in [0, 0.05) is 18.7 Å². The Bertz CT molecular complexity index is 717. The Labute approximate surface area is 130 Å². The topological polar surface area (TPSA) is 64.9 Å². The summed E-state index contributed by atoms with van der Waals surface area (Å²) in [5.74, 6) is -0.0457. The van der Waals surface area contributed by atoms with Crippen molar-refractivity contribution < 1.29 is 4.79 Å². The van der Waals surface area contributed by atoms with Crippen LogP contribution in [0.15, 0.2) is 42.5 Å². The van der Waals surface area contributed by atoms with Gasteiger partial charge in [0.05, 0.1) is 11.3 Å².